The minimum Gasteiger partial charge on any atom is -0.383 e. The van der Waals surface area contributed by atoms with E-state index in [-0.39, 0.29) is 0 Å². The number of anilines is 1. The van der Waals surface area contributed by atoms with Crippen molar-refractivity contribution in [3.63, 3.8) is 0 Å². The van der Waals surface area contributed by atoms with Crippen LogP contribution in [0.25, 0.3) is 16.9 Å². The van der Waals surface area contributed by atoms with Gasteiger partial charge in [-0.15, -0.1) is 0 Å². The molecule has 19 heavy (non-hydrogen) atoms. The summed E-state index contributed by atoms with van der Waals surface area (Å²) in [5.74, 6) is 0.613. The van der Waals surface area contributed by atoms with E-state index in [1.54, 1.807) is 6.20 Å². The van der Waals surface area contributed by atoms with Gasteiger partial charge in [0.2, 0.25) is 0 Å². The summed E-state index contributed by atoms with van der Waals surface area (Å²) in [6, 6.07) is 12.0. The van der Waals surface area contributed by atoms with E-state index < -0.39 is 0 Å². The maximum absolute atomic E-state index is 6.15. The molecule has 0 fully saturated rings. The zero-order chi connectivity index (χ0) is 13.4. The molecule has 3 nitrogen and oxygen atoms in total. The third-order valence-corrected chi connectivity index (χ3v) is 3.48. The molecule has 2 N–H and O–H groups in total. The average molecular weight is 272 g/mol. The Labute approximate surface area is 116 Å². The van der Waals surface area contributed by atoms with E-state index in [1.807, 2.05) is 16.5 Å². The van der Waals surface area contributed by atoms with Crippen molar-refractivity contribution in [3.8, 4) is 11.3 Å². The van der Waals surface area contributed by atoms with Crippen LogP contribution in [0.2, 0.25) is 5.02 Å². The molecule has 0 unspecified atom stereocenters. The summed E-state index contributed by atoms with van der Waals surface area (Å²) < 4.78 is 1.81. The smallest absolute Gasteiger partial charge is 0.139 e. The number of imidazole rings is 1. The highest BCUT2D eigenvalue weighted by Gasteiger charge is 2.11. The van der Waals surface area contributed by atoms with Crippen LogP contribution in [0.1, 0.15) is 12.5 Å². The van der Waals surface area contributed by atoms with E-state index in [9.17, 15) is 0 Å². The quantitative estimate of drug-likeness (QED) is 0.770. The fourth-order valence-electron chi connectivity index (χ4n) is 2.15. The highest BCUT2D eigenvalue weighted by molar-refractivity contribution is 6.30. The number of rotatable bonds is 2. The first kappa shape index (κ1) is 12.1. The largest absolute Gasteiger partial charge is 0.383 e. The molecule has 0 saturated carbocycles. The molecule has 0 saturated heterocycles. The Hall–Kier alpha value is -2.00. The molecule has 3 rings (SSSR count). The topological polar surface area (TPSA) is 43.3 Å². The van der Waals surface area contributed by atoms with Crippen molar-refractivity contribution < 1.29 is 0 Å². The summed E-state index contributed by atoms with van der Waals surface area (Å²) >= 11 is 5.98. The third-order valence-electron chi connectivity index (χ3n) is 3.26. The number of aromatic nitrogens is 2. The molecule has 0 radical (unpaired) electrons. The lowest BCUT2D eigenvalue weighted by Gasteiger charge is -2.01. The van der Waals surface area contributed by atoms with E-state index in [0.717, 1.165) is 23.3 Å². The van der Waals surface area contributed by atoms with Crippen molar-refractivity contribution in [2.75, 3.05) is 5.73 Å². The molecule has 0 aliphatic carbocycles. The van der Waals surface area contributed by atoms with Crippen LogP contribution in [0.15, 0.2) is 42.6 Å². The molecule has 0 bridgehead atoms. The van der Waals surface area contributed by atoms with Gasteiger partial charge in [0.1, 0.15) is 17.2 Å². The lowest BCUT2D eigenvalue weighted by Crippen LogP contribution is -1.94. The number of hydrogen-bond donors (Lipinski definition) is 1. The second-order valence-electron chi connectivity index (χ2n) is 4.47. The minimum atomic E-state index is 0.613. The van der Waals surface area contributed by atoms with Gasteiger partial charge in [0.05, 0.1) is 5.02 Å². The van der Waals surface area contributed by atoms with Gasteiger partial charge in [-0.1, -0.05) is 42.8 Å². The predicted octanol–water partition coefficient (Wildman–Crippen LogP) is 3.80. The molecule has 4 heteroatoms. The standard InChI is InChI=1S/C15H14ClN3/c1-2-10-3-5-11(6-4-10)14-15(17)19-9-12(16)7-8-13(19)18-14/h3-9H,2,17H2,1H3. The van der Waals surface area contributed by atoms with Crippen molar-refractivity contribution in [2.45, 2.75) is 13.3 Å². The number of fused-ring (bicyclic) bond motifs is 1. The van der Waals surface area contributed by atoms with Crippen molar-refractivity contribution in [3.05, 3.63) is 53.2 Å². The second-order valence-corrected chi connectivity index (χ2v) is 4.91. The zero-order valence-corrected chi connectivity index (χ0v) is 11.4. The summed E-state index contributed by atoms with van der Waals surface area (Å²) in [6.45, 7) is 2.14. The molecule has 0 aliphatic rings. The molecule has 3 aromatic rings. The van der Waals surface area contributed by atoms with E-state index in [1.165, 1.54) is 5.56 Å². The van der Waals surface area contributed by atoms with Crippen molar-refractivity contribution >= 4 is 23.1 Å². The Balaban J connectivity index is 2.16. The number of nitrogen functional groups attached to an aromatic ring is 1. The van der Waals surface area contributed by atoms with Gasteiger partial charge in [-0.25, -0.2) is 4.98 Å². The molecule has 0 atom stereocenters. The first-order chi connectivity index (χ1) is 9.19. The number of nitrogens with zero attached hydrogens (tertiary/aromatic N) is 2. The number of nitrogens with two attached hydrogens (primary N) is 1. The first-order valence-electron chi connectivity index (χ1n) is 6.21. The van der Waals surface area contributed by atoms with Crippen LogP contribution >= 0.6 is 11.6 Å². The Morgan fingerprint density at radius 3 is 2.58 bits per heavy atom. The van der Waals surface area contributed by atoms with E-state index in [4.69, 9.17) is 17.3 Å². The molecule has 2 aromatic heterocycles. The third kappa shape index (κ3) is 2.06. The monoisotopic (exact) mass is 271 g/mol. The summed E-state index contributed by atoms with van der Waals surface area (Å²) in [5.41, 5.74) is 10.1. The summed E-state index contributed by atoms with van der Waals surface area (Å²) in [5, 5.41) is 0.643. The SMILES string of the molecule is CCc1ccc(-c2nc3ccc(Cl)cn3c2N)cc1. The maximum Gasteiger partial charge on any atom is 0.139 e. The van der Waals surface area contributed by atoms with Crippen LogP contribution < -0.4 is 5.73 Å². The van der Waals surface area contributed by atoms with Gasteiger partial charge in [0.25, 0.3) is 0 Å². The van der Waals surface area contributed by atoms with Crippen LogP contribution in [0.4, 0.5) is 5.82 Å². The normalized spacial score (nSPS) is 11.1. The highest BCUT2D eigenvalue weighted by atomic mass is 35.5. The maximum atomic E-state index is 6.15. The van der Waals surface area contributed by atoms with Gasteiger partial charge in [-0.3, -0.25) is 4.40 Å². The van der Waals surface area contributed by atoms with Gasteiger partial charge in [0, 0.05) is 11.8 Å². The van der Waals surface area contributed by atoms with Crippen LogP contribution in [-0.4, -0.2) is 9.38 Å². The fourth-order valence-corrected chi connectivity index (χ4v) is 2.31. The lowest BCUT2D eigenvalue weighted by molar-refractivity contribution is 1.14. The molecule has 0 amide bonds. The Morgan fingerprint density at radius 1 is 1.16 bits per heavy atom. The number of halogens is 1. The van der Waals surface area contributed by atoms with E-state index in [2.05, 4.69) is 36.2 Å². The first-order valence-corrected chi connectivity index (χ1v) is 6.59. The van der Waals surface area contributed by atoms with Crippen molar-refractivity contribution in [2.24, 2.45) is 0 Å². The molecule has 96 valence electrons. The molecular weight excluding hydrogens is 258 g/mol. The minimum absolute atomic E-state index is 0.613. The van der Waals surface area contributed by atoms with E-state index in [0.29, 0.717) is 10.8 Å². The lowest BCUT2D eigenvalue weighted by atomic mass is 10.1. The highest BCUT2D eigenvalue weighted by Crippen LogP contribution is 2.27. The van der Waals surface area contributed by atoms with Gasteiger partial charge in [-0.05, 0) is 24.1 Å². The van der Waals surface area contributed by atoms with Crippen LogP contribution in [0.3, 0.4) is 0 Å². The number of pyridine rings is 1. The van der Waals surface area contributed by atoms with Crippen molar-refractivity contribution in [1.82, 2.24) is 9.38 Å². The van der Waals surface area contributed by atoms with Crippen LogP contribution in [-0.2, 0) is 6.42 Å². The summed E-state index contributed by atoms with van der Waals surface area (Å²) in [6.07, 6.45) is 2.81. The predicted molar refractivity (Wildman–Crippen MR) is 79.4 cm³/mol. The Morgan fingerprint density at radius 2 is 1.89 bits per heavy atom. The van der Waals surface area contributed by atoms with Gasteiger partial charge < -0.3 is 5.73 Å². The van der Waals surface area contributed by atoms with Gasteiger partial charge >= 0.3 is 0 Å². The summed E-state index contributed by atoms with van der Waals surface area (Å²) in [4.78, 5) is 4.56. The summed E-state index contributed by atoms with van der Waals surface area (Å²) in [7, 11) is 0. The molecule has 0 aliphatic heterocycles. The number of hydrogen-bond acceptors (Lipinski definition) is 2. The van der Waals surface area contributed by atoms with Gasteiger partial charge in [0.15, 0.2) is 0 Å². The molecule has 0 spiro atoms. The number of aryl methyl sites for hydroxylation is 1. The molecule has 1 aromatic carbocycles. The number of benzene rings is 1. The zero-order valence-electron chi connectivity index (χ0n) is 10.6. The van der Waals surface area contributed by atoms with E-state index >= 15 is 0 Å². The molecule has 2 heterocycles. The molecular formula is C15H14ClN3. The van der Waals surface area contributed by atoms with Crippen molar-refractivity contribution in [1.29, 1.82) is 0 Å². The van der Waals surface area contributed by atoms with Gasteiger partial charge in [-0.2, -0.15) is 0 Å². The average Bonchev–Trinajstić information content (AvgIpc) is 2.76. The Kier molecular flexibility index (Phi) is 2.91. The van der Waals surface area contributed by atoms with Crippen LogP contribution in [0.5, 0.6) is 0 Å². The Bertz CT molecular complexity index is 729. The fraction of sp³-hybridized carbons (Fsp3) is 0.133. The van der Waals surface area contributed by atoms with Crippen LogP contribution in [0, 0.1) is 0 Å². The second kappa shape index (κ2) is 4.59.